The second-order valence-electron chi connectivity index (χ2n) is 4.63. The summed E-state index contributed by atoms with van der Waals surface area (Å²) in [4.78, 5) is 5.87. The van der Waals surface area contributed by atoms with Crippen LogP contribution in [0.5, 0.6) is 0 Å². The van der Waals surface area contributed by atoms with E-state index in [2.05, 4.69) is 52.8 Å². The Bertz CT molecular complexity index is 820. The molecule has 0 aliphatic carbocycles. The molecule has 0 bridgehead atoms. The zero-order valence-electron chi connectivity index (χ0n) is 13.6. The van der Waals surface area contributed by atoms with Crippen LogP contribution in [0.15, 0.2) is 70.6 Å². The normalized spacial score (nSPS) is 14.3. The number of thiazole rings is 1. The van der Waals surface area contributed by atoms with Crippen molar-refractivity contribution in [3.8, 4) is 0 Å². The van der Waals surface area contributed by atoms with Crippen molar-refractivity contribution in [2.75, 3.05) is 5.32 Å². The molecule has 0 radical (unpaired) electrons. The molecule has 23 heavy (non-hydrogen) atoms. The molecule has 1 aliphatic rings. The number of allylic oxidation sites excluding steroid dienone is 2. The Morgan fingerprint density at radius 3 is 2.65 bits per heavy atom. The molecular formula is C17H15N2NaOS2. The molecule has 0 unspecified atom stereocenters. The fourth-order valence-corrected chi connectivity index (χ4v) is 3.99. The molecule has 0 amide bonds. The van der Waals surface area contributed by atoms with Crippen LogP contribution >= 0.6 is 23.1 Å². The average molecular weight is 350 g/mol. The minimum atomic E-state index is 0. The molecular weight excluding hydrogens is 335 g/mol. The summed E-state index contributed by atoms with van der Waals surface area (Å²) in [6, 6.07) is 16.6. The van der Waals surface area contributed by atoms with E-state index in [0.29, 0.717) is 0 Å². The van der Waals surface area contributed by atoms with E-state index < -0.39 is 0 Å². The quantitative estimate of drug-likeness (QED) is 0.715. The van der Waals surface area contributed by atoms with E-state index in [4.69, 9.17) is 0 Å². The number of anilines is 1. The first kappa shape index (κ1) is 18.3. The first-order valence-electron chi connectivity index (χ1n) is 6.66. The van der Waals surface area contributed by atoms with E-state index in [-0.39, 0.29) is 36.5 Å². The summed E-state index contributed by atoms with van der Waals surface area (Å²) in [6.07, 6.45) is 6.21. The summed E-state index contributed by atoms with van der Waals surface area (Å²) in [6.45, 7) is 0. The zero-order valence-corrected chi connectivity index (χ0v) is 16.2. The monoisotopic (exact) mass is 350 g/mol. The van der Waals surface area contributed by atoms with Crippen LogP contribution in [0.3, 0.4) is 0 Å². The van der Waals surface area contributed by atoms with E-state index in [1.165, 1.54) is 15.3 Å². The summed E-state index contributed by atoms with van der Waals surface area (Å²) in [5.41, 5.74) is 2.25. The summed E-state index contributed by atoms with van der Waals surface area (Å²) in [5.74, 6) is 0. The van der Waals surface area contributed by atoms with Crippen molar-refractivity contribution in [1.29, 1.82) is 0 Å². The molecule has 6 heteroatoms. The van der Waals surface area contributed by atoms with Crippen LogP contribution in [0.4, 0.5) is 5.69 Å². The Morgan fingerprint density at radius 2 is 1.83 bits per heavy atom. The van der Waals surface area contributed by atoms with Gasteiger partial charge in [0.2, 0.25) is 0 Å². The van der Waals surface area contributed by atoms with Crippen molar-refractivity contribution in [3.05, 3.63) is 70.7 Å². The van der Waals surface area contributed by atoms with Gasteiger partial charge in [-0.1, -0.05) is 42.1 Å². The molecule has 2 heterocycles. The van der Waals surface area contributed by atoms with Gasteiger partial charge in [-0.25, -0.2) is 4.98 Å². The Hall–Kier alpha value is -1.08. The van der Waals surface area contributed by atoms with Crippen LogP contribution in [0.1, 0.15) is 6.43 Å². The van der Waals surface area contributed by atoms with Crippen molar-refractivity contribution in [2.24, 2.45) is 0 Å². The van der Waals surface area contributed by atoms with Gasteiger partial charge in [-0.2, -0.15) is 0 Å². The van der Waals surface area contributed by atoms with Crippen molar-refractivity contribution in [3.63, 3.8) is 0 Å². The summed E-state index contributed by atoms with van der Waals surface area (Å²) < 4.78 is 1.23. The largest absolute Gasteiger partial charge is 1.00 e. The van der Waals surface area contributed by atoms with Gasteiger partial charge in [0.15, 0.2) is 0 Å². The van der Waals surface area contributed by atoms with E-state index in [9.17, 15) is 0 Å². The molecule has 112 valence electrons. The van der Waals surface area contributed by atoms with E-state index in [0.717, 1.165) is 15.6 Å². The fraction of sp³-hybridized carbons (Fsp3) is 0. The predicted octanol–water partition coefficient (Wildman–Crippen LogP) is 1.66. The number of nitrogens with zero attached hydrogens (tertiary/aromatic N) is 1. The maximum Gasteiger partial charge on any atom is 1.00 e. The third-order valence-corrected chi connectivity index (χ3v) is 5.20. The second-order valence-corrected chi connectivity index (χ2v) is 6.78. The molecule has 0 atom stereocenters. The fourth-order valence-electron chi connectivity index (χ4n) is 2.19. The maximum absolute atomic E-state index is 4.59. The van der Waals surface area contributed by atoms with Gasteiger partial charge in [0.1, 0.15) is 5.01 Å². The minimum absolute atomic E-state index is 0. The number of hydrogen-bond donors (Lipinski definition) is 1. The Morgan fingerprint density at radius 1 is 1.04 bits per heavy atom. The SMILES string of the molecule is C(=Cc1nc2ccccc2s1)C=C1Nc2ccccc2S1.O.[H-].[Na+]. The predicted molar refractivity (Wildman–Crippen MR) is 97.4 cm³/mol. The summed E-state index contributed by atoms with van der Waals surface area (Å²) in [5, 5.41) is 5.59. The summed E-state index contributed by atoms with van der Waals surface area (Å²) >= 11 is 3.47. The Balaban J connectivity index is 0.000000960. The van der Waals surface area contributed by atoms with Crippen LogP contribution in [-0.4, -0.2) is 10.5 Å². The van der Waals surface area contributed by atoms with Gasteiger partial charge in [-0.05, 0) is 36.4 Å². The van der Waals surface area contributed by atoms with Crippen LogP contribution in [0.25, 0.3) is 16.3 Å². The third-order valence-electron chi connectivity index (χ3n) is 3.16. The number of benzene rings is 2. The van der Waals surface area contributed by atoms with Crippen LogP contribution in [0, 0.1) is 0 Å². The Kier molecular flexibility index (Phi) is 6.47. The molecule has 1 aliphatic heterocycles. The van der Waals surface area contributed by atoms with Crippen molar-refractivity contribution in [1.82, 2.24) is 4.98 Å². The van der Waals surface area contributed by atoms with E-state index in [1.54, 1.807) is 23.1 Å². The number of hydrogen-bond acceptors (Lipinski definition) is 4. The molecule has 3 aromatic rings. The Labute approximate surface area is 166 Å². The first-order chi connectivity index (χ1) is 10.4. The van der Waals surface area contributed by atoms with Crippen LogP contribution < -0.4 is 34.9 Å². The van der Waals surface area contributed by atoms with Gasteiger partial charge in [0.05, 0.1) is 20.9 Å². The van der Waals surface area contributed by atoms with Crippen LogP contribution in [-0.2, 0) is 0 Å². The van der Waals surface area contributed by atoms with Gasteiger partial charge in [-0.3, -0.25) is 0 Å². The molecule has 0 fully saturated rings. The number of rotatable bonds is 2. The number of thioether (sulfide) groups is 1. The minimum Gasteiger partial charge on any atom is -1.00 e. The topological polar surface area (TPSA) is 56.4 Å². The molecule has 2 aromatic carbocycles. The third kappa shape index (κ3) is 4.07. The molecule has 4 rings (SSSR count). The summed E-state index contributed by atoms with van der Waals surface area (Å²) in [7, 11) is 0. The van der Waals surface area contributed by atoms with Gasteiger partial charge >= 0.3 is 29.6 Å². The number of para-hydroxylation sites is 2. The van der Waals surface area contributed by atoms with Gasteiger partial charge < -0.3 is 12.2 Å². The first-order valence-corrected chi connectivity index (χ1v) is 8.30. The number of aromatic nitrogens is 1. The van der Waals surface area contributed by atoms with Crippen LogP contribution in [0.2, 0.25) is 0 Å². The van der Waals surface area contributed by atoms with Crippen molar-refractivity contribution in [2.45, 2.75) is 4.90 Å². The molecule has 3 N–H and O–H groups in total. The van der Waals surface area contributed by atoms with Gasteiger partial charge in [0.25, 0.3) is 0 Å². The number of fused-ring (bicyclic) bond motifs is 2. The van der Waals surface area contributed by atoms with Gasteiger partial charge in [-0.15, -0.1) is 11.3 Å². The smallest absolute Gasteiger partial charge is 1.00 e. The standard InChI is InChI=1S/C17H12N2S2.Na.H2O.H/c1-3-8-14-12(6-1)18-16(20-14)10-5-11-17-19-13-7-2-4-9-15(13)21-17;;;/h1-11,18H;;1H2;/q;+1;;-1. The van der Waals surface area contributed by atoms with Crippen molar-refractivity contribution < 1.29 is 36.5 Å². The molecule has 3 nitrogen and oxygen atoms in total. The molecule has 1 aromatic heterocycles. The second kappa shape index (κ2) is 8.15. The average Bonchev–Trinajstić information content (AvgIpc) is 3.09. The zero-order chi connectivity index (χ0) is 14.1. The van der Waals surface area contributed by atoms with E-state index >= 15 is 0 Å². The molecule has 0 saturated heterocycles. The van der Waals surface area contributed by atoms with Crippen molar-refractivity contribution >= 4 is 45.1 Å². The molecule has 0 saturated carbocycles. The number of nitrogens with one attached hydrogen (secondary N) is 1. The maximum atomic E-state index is 4.59. The molecule has 0 spiro atoms. The van der Waals surface area contributed by atoms with E-state index in [1.807, 2.05) is 24.3 Å². The van der Waals surface area contributed by atoms with Gasteiger partial charge in [0, 0.05) is 4.90 Å².